The molecule has 43 heavy (non-hydrogen) atoms. The van der Waals surface area contributed by atoms with E-state index in [1.54, 1.807) is 0 Å². The molecule has 0 nitrogen and oxygen atoms in total. The summed E-state index contributed by atoms with van der Waals surface area (Å²) < 4.78 is 3.34. The van der Waals surface area contributed by atoms with Crippen molar-refractivity contribution in [2.75, 3.05) is 0 Å². The van der Waals surface area contributed by atoms with Crippen molar-refractivity contribution in [3.05, 3.63) is 161 Å². The van der Waals surface area contributed by atoms with Crippen LogP contribution in [0.1, 0.15) is 81.3 Å². The fourth-order valence-corrected chi connectivity index (χ4v) is 4.66. The molecule has 4 aromatic carbocycles. The summed E-state index contributed by atoms with van der Waals surface area (Å²) in [6, 6.07) is 35.8. The number of halogens is 2. The number of fused-ring (bicyclic) bond motifs is 3. The Balaban J connectivity index is 0.000000359. The third kappa shape index (κ3) is 11.9. The summed E-state index contributed by atoms with van der Waals surface area (Å²) in [4.78, 5) is 0. The second kappa shape index (κ2) is 18.4. The van der Waals surface area contributed by atoms with E-state index in [2.05, 4.69) is 149 Å². The fourth-order valence-electron chi connectivity index (χ4n) is 4.66. The molecule has 2 aliphatic carbocycles. The summed E-state index contributed by atoms with van der Waals surface area (Å²) in [6.45, 7) is 13.6. The van der Waals surface area contributed by atoms with E-state index >= 15 is 0 Å². The molecule has 0 heterocycles. The smallest absolute Gasteiger partial charge is 0.0771 e. The first-order valence-corrected chi connectivity index (χ1v) is 16.1. The van der Waals surface area contributed by atoms with Crippen molar-refractivity contribution in [2.45, 2.75) is 65.2 Å². The predicted octanol–water partition coefficient (Wildman–Crippen LogP) is 11.1. The van der Waals surface area contributed by atoms with Crippen LogP contribution in [0.15, 0.2) is 109 Å². The summed E-state index contributed by atoms with van der Waals surface area (Å²) >= 11 is 1.30. The molecular weight excluding hydrogens is 643 g/mol. The zero-order valence-electron chi connectivity index (χ0n) is 26.4. The Morgan fingerprint density at radius 1 is 0.698 bits per heavy atom. The molecule has 0 saturated carbocycles. The zero-order valence-corrected chi connectivity index (χ0v) is 30.5. The molecule has 0 fully saturated rings. The second-order valence-electron chi connectivity index (χ2n) is 12.3. The normalized spacial score (nSPS) is 11.8. The number of allylic oxidation sites excluding steroid dienone is 4. The van der Waals surface area contributed by atoms with E-state index < -0.39 is 0 Å². The Morgan fingerprint density at radius 2 is 1.26 bits per heavy atom. The van der Waals surface area contributed by atoms with Gasteiger partial charge in [0, 0.05) is 0 Å². The molecule has 6 rings (SSSR count). The molecule has 4 aromatic rings. The predicted molar refractivity (Wildman–Crippen MR) is 189 cm³/mol. The monoisotopic (exact) mass is 685 g/mol. The molecule has 0 aliphatic heterocycles. The summed E-state index contributed by atoms with van der Waals surface area (Å²) in [5, 5.41) is 0. The van der Waals surface area contributed by atoms with Crippen molar-refractivity contribution >= 4 is 29.0 Å². The van der Waals surface area contributed by atoms with Gasteiger partial charge in [0.25, 0.3) is 0 Å². The van der Waals surface area contributed by atoms with Crippen molar-refractivity contribution in [2.24, 2.45) is 0 Å². The first-order valence-electron chi connectivity index (χ1n) is 14.3. The van der Waals surface area contributed by atoms with Crippen LogP contribution in [0.5, 0.6) is 0 Å². The van der Waals surface area contributed by atoms with E-state index in [9.17, 15) is 0 Å². The first-order chi connectivity index (χ1) is 19.6. The number of hydrogen-bond donors (Lipinski definition) is 0. The Bertz CT molecular complexity index is 1330. The first kappa shape index (κ1) is 38.6. The van der Waals surface area contributed by atoms with Crippen LogP contribution < -0.4 is 0 Å². The van der Waals surface area contributed by atoms with Crippen LogP contribution in [0.3, 0.4) is 0 Å². The standard InChI is InChI=1S/C21H25.C13H11.C5H5.CH2.2ClH.Zr/c1-20(2,3)16-7-9-18-14(12-16)11-15-13-17(21(4,5)6)8-10-19(15)18;1-3-7-12(8-4-1)11-13-9-5-2-6-10-13;1-2-4-5-3-1;;;;/h7-10,12H,11H2,1-6H3;1-11H;1-3H,4H2;1H2;2*1H;/q3*-1;;;;. The van der Waals surface area contributed by atoms with Crippen LogP contribution in [0.4, 0.5) is 0 Å². The molecule has 0 spiro atoms. The van der Waals surface area contributed by atoms with Gasteiger partial charge in [0.2, 0.25) is 0 Å². The molecule has 0 radical (unpaired) electrons. The van der Waals surface area contributed by atoms with E-state index in [1.165, 1.54) is 68.7 Å². The van der Waals surface area contributed by atoms with Crippen molar-refractivity contribution in [3.63, 3.8) is 0 Å². The van der Waals surface area contributed by atoms with Crippen molar-refractivity contribution in [1.29, 1.82) is 0 Å². The van der Waals surface area contributed by atoms with Gasteiger partial charge in [-0.05, 0) is 28.4 Å². The van der Waals surface area contributed by atoms with Gasteiger partial charge in [-0.1, -0.05) is 102 Å². The molecule has 2 aliphatic rings. The van der Waals surface area contributed by atoms with Gasteiger partial charge >= 0.3 is 28.4 Å². The van der Waals surface area contributed by atoms with E-state index in [1.807, 2.05) is 24.3 Å². The number of benzene rings is 4. The zero-order chi connectivity index (χ0) is 29.9. The second-order valence-corrected chi connectivity index (χ2v) is 12.3. The van der Waals surface area contributed by atoms with Gasteiger partial charge in [-0.2, -0.15) is 29.8 Å². The van der Waals surface area contributed by atoms with Crippen molar-refractivity contribution < 1.29 is 24.2 Å². The van der Waals surface area contributed by atoms with Gasteiger partial charge in [-0.25, -0.2) is 12.2 Å². The maximum absolute atomic E-state index is 3.67. The molecule has 0 saturated heterocycles. The molecule has 0 unspecified atom stereocenters. The number of hydrogen-bond acceptors (Lipinski definition) is 0. The van der Waals surface area contributed by atoms with Crippen LogP contribution in [0.2, 0.25) is 0 Å². The Morgan fingerprint density at radius 3 is 1.70 bits per heavy atom. The average Bonchev–Trinajstić information content (AvgIpc) is 3.66. The maximum atomic E-state index is 3.67. The van der Waals surface area contributed by atoms with Crippen LogP contribution in [-0.2, 0) is 41.5 Å². The topological polar surface area (TPSA) is 0 Å². The third-order valence-electron chi connectivity index (χ3n) is 6.98. The largest absolute Gasteiger partial charge is 0.126 e. The molecule has 0 N–H and O–H groups in total. The van der Waals surface area contributed by atoms with Gasteiger partial charge in [-0.15, -0.1) is 84.2 Å². The molecule has 3 heteroatoms. The van der Waals surface area contributed by atoms with Gasteiger partial charge in [0.05, 0.1) is 0 Å². The Hall–Kier alpha value is -2.44. The van der Waals surface area contributed by atoms with Crippen LogP contribution in [-0.4, -0.2) is 4.21 Å². The summed E-state index contributed by atoms with van der Waals surface area (Å²) in [7, 11) is 0. The minimum Gasteiger partial charge on any atom is -0.126 e. The average molecular weight is 688 g/mol. The minimum atomic E-state index is 0. The number of rotatable bonds is 2. The van der Waals surface area contributed by atoms with E-state index in [4.69, 9.17) is 0 Å². The SMILES string of the molecule is CC(C)(C)c1[c-]c2c(cc1)-c1ccc(C(C)(C)C)cc1C2.Cl.Cl.[C-]1=CC=CC1.[CH2]=[Zr].c1ccc([CH-]c2ccccc2)cc1. The van der Waals surface area contributed by atoms with E-state index in [0.29, 0.717) is 0 Å². The van der Waals surface area contributed by atoms with Crippen molar-refractivity contribution in [1.82, 2.24) is 0 Å². The van der Waals surface area contributed by atoms with Gasteiger partial charge < -0.3 is 0 Å². The van der Waals surface area contributed by atoms with Crippen molar-refractivity contribution in [3.8, 4) is 11.1 Å². The molecule has 226 valence electrons. The van der Waals surface area contributed by atoms with E-state index in [0.717, 1.165) is 12.8 Å². The van der Waals surface area contributed by atoms with Gasteiger partial charge in [-0.3, -0.25) is 6.08 Å². The summed E-state index contributed by atoms with van der Waals surface area (Å²) in [5.41, 5.74) is 11.2. The quantitative estimate of drug-likeness (QED) is 0.162. The Kier molecular flexibility index (Phi) is 16.5. The molecule has 0 bridgehead atoms. The third-order valence-corrected chi connectivity index (χ3v) is 6.98. The summed E-state index contributed by atoms with van der Waals surface area (Å²) in [6.07, 6.45) is 13.2. The van der Waals surface area contributed by atoms with Crippen LogP contribution >= 0.6 is 24.8 Å². The minimum absolute atomic E-state index is 0. The maximum Gasteiger partial charge on any atom is -0.0771 e. The van der Waals surface area contributed by atoms with E-state index in [-0.39, 0.29) is 35.6 Å². The van der Waals surface area contributed by atoms with Crippen LogP contribution in [0.25, 0.3) is 11.1 Å². The molecule has 0 amide bonds. The van der Waals surface area contributed by atoms with Crippen LogP contribution in [0, 0.1) is 18.6 Å². The molecule has 0 atom stereocenters. The summed E-state index contributed by atoms with van der Waals surface area (Å²) in [5.74, 6) is 0. The molecular formula is C40H45Cl2Zr-3. The van der Waals surface area contributed by atoms with Gasteiger partial charge in [0.1, 0.15) is 0 Å². The van der Waals surface area contributed by atoms with Gasteiger partial charge in [0.15, 0.2) is 0 Å². The molecule has 0 aromatic heterocycles. The Labute approximate surface area is 288 Å². The fraction of sp³-hybridized carbons (Fsp3) is 0.250.